The van der Waals surface area contributed by atoms with Crippen LogP contribution < -0.4 is 10.6 Å². The van der Waals surface area contributed by atoms with Gasteiger partial charge in [-0.1, -0.05) is 36.2 Å². The zero-order valence-corrected chi connectivity index (χ0v) is 13.2. The fraction of sp³-hybridized carbons (Fsp3) is 0.429. The van der Waals surface area contributed by atoms with Crippen molar-refractivity contribution >= 4 is 40.7 Å². The molecule has 0 aliphatic heterocycles. The zero-order chi connectivity index (χ0) is 15.3. The Labute approximate surface area is 128 Å². The van der Waals surface area contributed by atoms with Crippen LogP contribution in [0, 0.1) is 5.41 Å². The maximum atomic E-state index is 12.3. The Morgan fingerprint density at radius 2 is 1.70 bits per heavy atom. The number of amides is 2. The van der Waals surface area contributed by atoms with E-state index >= 15 is 0 Å². The van der Waals surface area contributed by atoms with Crippen molar-refractivity contribution < 1.29 is 9.59 Å². The molecular formula is C14H18Cl2N2O2. The number of nitrogens with one attached hydrogen (secondary N) is 2. The van der Waals surface area contributed by atoms with Crippen molar-refractivity contribution in [3.63, 3.8) is 0 Å². The molecule has 20 heavy (non-hydrogen) atoms. The molecule has 0 bridgehead atoms. The lowest BCUT2D eigenvalue weighted by molar-refractivity contribution is -0.138. The van der Waals surface area contributed by atoms with Crippen LogP contribution in [0.5, 0.6) is 0 Å². The van der Waals surface area contributed by atoms with E-state index in [1.165, 1.54) is 0 Å². The van der Waals surface area contributed by atoms with Crippen molar-refractivity contribution in [1.29, 1.82) is 0 Å². The normalized spacial score (nSPS) is 11.1. The first-order valence-electron chi connectivity index (χ1n) is 6.34. The number of rotatable bonds is 5. The summed E-state index contributed by atoms with van der Waals surface area (Å²) in [5, 5.41) is 5.97. The predicted molar refractivity (Wildman–Crippen MR) is 82.2 cm³/mol. The Morgan fingerprint density at radius 1 is 1.15 bits per heavy atom. The van der Waals surface area contributed by atoms with Crippen LogP contribution in [0.15, 0.2) is 18.2 Å². The standard InChI is InChI=1S/C14H18Cl2N2O2/c1-4-8-17-12(19)14(2,3)13(20)18-11-9(15)6-5-7-10(11)16/h5-7H,4,8H2,1-3H3,(H,17,19)(H,18,20). The molecule has 1 rings (SSSR count). The maximum Gasteiger partial charge on any atom is 0.239 e. The average molecular weight is 317 g/mol. The minimum absolute atomic E-state index is 0.317. The van der Waals surface area contributed by atoms with Crippen LogP contribution in [-0.4, -0.2) is 18.4 Å². The summed E-state index contributed by atoms with van der Waals surface area (Å²) < 4.78 is 0. The van der Waals surface area contributed by atoms with Gasteiger partial charge in [-0.2, -0.15) is 0 Å². The molecule has 0 saturated carbocycles. The summed E-state index contributed by atoms with van der Waals surface area (Å²) in [6.45, 7) is 5.58. The largest absolute Gasteiger partial charge is 0.355 e. The molecule has 0 aromatic heterocycles. The SMILES string of the molecule is CCCNC(=O)C(C)(C)C(=O)Nc1c(Cl)cccc1Cl. The van der Waals surface area contributed by atoms with Crippen LogP contribution in [-0.2, 0) is 9.59 Å². The molecule has 1 aromatic rings. The number of anilines is 1. The lowest BCUT2D eigenvalue weighted by Gasteiger charge is -2.23. The van der Waals surface area contributed by atoms with Crippen LogP contribution in [0.1, 0.15) is 27.2 Å². The van der Waals surface area contributed by atoms with E-state index in [9.17, 15) is 9.59 Å². The van der Waals surface area contributed by atoms with E-state index in [0.717, 1.165) is 6.42 Å². The summed E-state index contributed by atoms with van der Waals surface area (Å²) >= 11 is 12.0. The van der Waals surface area contributed by atoms with Crippen molar-refractivity contribution in [2.24, 2.45) is 5.41 Å². The molecule has 0 radical (unpaired) electrons. The first kappa shape index (κ1) is 16.8. The molecular weight excluding hydrogens is 299 g/mol. The zero-order valence-electron chi connectivity index (χ0n) is 11.7. The molecule has 4 nitrogen and oxygen atoms in total. The third-order valence-corrected chi connectivity index (χ3v) is 3.50. The topological polar surface area (TPSA) is 58.2 Å². The van der Waals surface area contributed by atoms with Crippen molar-refractivity contribution in [3.8, 4) is 0 Å². The summed E-state index contributed by atoms with van der Waals surface area (Å²) in [4.78, 5) is 24.2. The summed E-state index contributed by atoms with van der Waals surface area (Å²) in [6, 6.07) is 4.92. The number of hydrogen-bond donors (Lipinski definition) is 2. The highest BCUT2D eigenvalue weighted by molar-refractivity contribution is 6.40. The molecule has 0 fully saturated rings. The first-order chi connectivity index (χ1) is 9.30. The third kappa shape index (κ3) is 3.87. The van der Waals surface area contributed by atoms with Gasteiger partial charge in [0.15, 0.2) is 0 Å². The van der Waals surface area contributed by atoms with Crippen LogP contribution in [0.2, 0.25) is 10.0 Å². The van der Waals surface area contributed by atoms with Gasteiger partial charge in [0.1, 0.15) is 5.41 Å². The van der Waals surface area contributed by atoms with Gasteiger partial charge in [-0.05, 0) is 32.4 Å². The van der Waals surface area contributed by atoms with Gasteiger partial charge in [-0.15, -0.1) is 0 Å². The minimum atomic E-state index is -1.21. The van der Waals surface area contributed by atoms with E-state index < -0.39 is 11.3 Å². The number of hydrogen-bond acceptors (Lipinski definition) is 2. The van der Waals surface area contributed by atoms with Crippen LogP contribution >= 0.6 is 23.2 Å². The number of para-hydroxylation sites is 1. The Balaban J connectivity index is 2.87. The maximum absolute atomic E-state index is 12.3. The highest BCUT2D eigenvalue weighted by Gasteiger charge is 2.36. The van der Waals surface area contributed by atoms with Gasteiger partial charge in [0.05, 0.1) is 15.7 Å². The fourth-order valence-corrected chi connectivity index (χ4v) is 1.94. The smallest absolute Gasteiger partial charge is 0.239 e. The van der Waals surface area contributed by atoms with Crippen LogP contribution in [0.25, 0.3) is 0 Å². The Morgan fingerprint density at radius 3 is 2.20 bits per heavy atom. The Hall–Kier alpha value is -1.26. The quantitative estimate of drug-likeness (QED) is 0.817. The summed E-state index contributed by atoms with van der Waals surface area (Å²) in [6.07, 6.45) is 0.805. The number of benzene rings is 1. The summed E-state index contributed by atoms with van der Waals surface area (Å²) in [5.74, 6) is -0.791. The van der Waals surface area contributed by atoms with Gasteiger partial charge in [0, 0.05) is 6.54 Å². The van der Waals surface area contributed by atoms with Gasteiger partial charge >= 0.3 is 0 Å². The molecule has 0 atom stereocenters. The van der Waals surface area contributed by atoms with Crippen molar-refractivity contribution in [2.45, 2.75) is 27.2 Å². The van der Waals surface area contributed by atoms with Gasteiger partial charge < -0.3 is 10.6 Å². The fourth-order valence-electron chi connectivity index (χ4n) is 1.45. The van der Waals surface area contributed by atoms with Gasteiger partial charge in [0.2, 0.25) is 11.8 Å². The van der Waals surface area contributed by atoms with E-state index in [4.69, 9.17) is 23.2 Å². The van der Waals surface area contributed by atoms with E-state index in [-0.39, 0.29) is 5.91 Å². The highest BCUT2D eigenvalue weighted by Crippen LogP contribution is 2.31. The number of carbonyl (C=O) groups is 2. The van der Waals surface area contributed by atoms with Crippen LogP contribution in [0.4, 0.5) is 5.69 Å². The van der Waals surface area contributed by atoms with E-state index in [2.05, 4.69) is 10.6 Å². The molecule has 0 spiro atoms. The van der Waals surface area contributed by atoms with E-state index in [1.807, 2.05) is 6.92 Å². The second-order valence-electron chi connectivity index (χ2n) is 4.93. The molecule has 0 heterocycles. The van der Waals surface area contributed by atoms with Crippen molar-refractivity contribution in [2.75, 3.05) is 11.9 Å². The minimum Gasteiger partial charge on any atom is -0.355 e. The molecule has 110 valence electrons. The molecule has 1 aromatic carbocycles. The second kappa shape index (κ2) is 6.95. The Bertz CT molecular complexity index is 496. The second-order valence-corrected chi connectivity index (χ2v) is 5.75. The molecule has 0 saturated heterocycles. The number of carbonyl (C=O) groups excluding carboxylic acids is 2. The number of halogens is 2. The summed E-state index contributed by atoms with van der Waals surface area (Å²) in [7, 11) is 0. The van der Waals surface area contributed by atoms with Crippen molar-refractivity contribution in [3.05, 3.63) is 28.2 Å². The molecule has 0 unspecified atom stereocenters. The molecule has 6 heteroatoms. The van der Waals surface area contributed by atoms with Gasteiger partial charge in [-0.3, -0.25) is 9.59 Å². The molecule has 0 aliphatic carbocycles. The third-order valence-electron chi connectivity index (χ3n) is 2.87. The van der Waals surface area contributed by atoms with Crippen LogP contribution in [0.3, 0.4) is 0 Å². The van der Waals surface area contributed by atoms with E-state index in [0.29, 0.717) is 22.3 Å². The molecule has 2 N–H and O–H groups in total. The Kier molecular flexibility index (Phi) is 5.84. The van der Waals surface area contributed by atoms with Crippen molar-refractivity contribution in [1.82, 2.24) is 5.32 Å². The van der Waals surface area contributed by atoms with E-state index in [1.54, 1.807) is 32.0 Å². The molecule has 2 amide bonds. The predicted octanol–water partition coefficient (Wildman–Crippen LogP) is 3.48. The first-order valence-corrected chi connectivity index (χ1v) is 7.10. The lowest BCUT2D eigenvalue weighted by atomic mass is 9.91. The average Bonchev–Trinajstić information content (AvgIpc) is 2.39. The van der Waals surface area contributed by atoms with Gasteiger partial charge in [-0.25, -0.2) is 0 Å². The monoisotopic (exact) mass is 316 g/mol. The van der Waals surface area contributed by atoms with Gasteiger partial charge in [0.25, 0.3) is 0 Å². The highest BCUT2D eigenvalue weighted by atomic mass is 35.5. The summed E-state index contributed by atoms with van der Waals surface area (Å²) in [5.41, 5.74) is -0.894. The lowest BCUT2D eigenvalue weighted by Crippen LogP contribution is -2.45. The molecule has 0 aliphatic rings.